The first-order valence-electron chi connectivity index (χ1n) is 8.19. The standard InChI is InChI=1S/C18H28FNO2/c1-4-11-18(3,12-5-2)22-14-8-13-20-17(21)15-9-6-7-10-16(15)19/h6-7,9-10H,4-5,8,11-14H2,1-3H3,(H,20,21). The van der Waals surface area contributed by atoms with E-state index in [1.807, 2.05) is 0 Å². The number of amides is 1. The fraction of sp³-hybridized carbons (Fsp3) is 0.611. The van der Waals surface area contributed by atoms with Crippen molar-refractivity contribution >= 4 is 5.91 Å². The van der Waals surface area contributed by atoms with Gasteiger partial charge in [0.1, 0.15) is 5.82 Å². The van der Waals surface area contributed by atoms with Gasteiger partial charge in [-0.25, -0.2) is 4.39 Å². The number of carbonyl (C=O) groups is 1. The van der Waals surface area contributed by atoms with E-state index in [9.17, 15) is 9.18 Å². The number of benzene rings is 1. The Morgan fingerprint density at radius 2 is 1.86 bits per heavy atom. The molecule has 124 valence electrons. The number of carbonyl (C=O) groups excluding carboxylic acids is 1. The van der Waals surface area contributed by atoms with Gasteiger partial charge in [-0.05, 0) is 38.3 Å². The van der Waals surface area contributed by atoms with Gasteiger partial charge < -0.3 is 10.1 Å². The average Bonchev–Trinajstić information content (AvgIpc) is 2.47. The summed E-state index contributed by atoms with van der Waals surface area (Å²) in [6.45, 7) is 7.56. The van der Waals surface area contributed by atoms with Crippen LogP contribution in [0.5, 0.6) is 0 Å². The van der Waals surface area contributed by atoms with Gasteiger partial charge in [-0.1, -0.05) is 38.8 Å². The fourth-order valence-corrected chi connectivity index (χ4v) is 2.66. The summed E-state index contributed by atoms with van der Waals surface area (Å²) in [4.78, 5) is 11.8. The largest absolute Gasteiger partial charge is 0.375 e. The normalized spacial score (nSPS) is 11.5. The molecule has 4 heteroatoms. The number of rotatable bonds is 10. The molecule has 0 spiro atoms. The average molecular weight is 309 g/mol. The molecular weight excluding hydrogens is 281 g/mol. The molecule has 22 heavy (non-hydrogen) atoms. The molecule has 0 aliphatic carbocycles. The first-order valence-corrected chi connectivity index (χ1v) is 8.19. The van der Waals surface area contributed by atoms with Crippen molar-refractivity contribution in [1.82, 2.24) is 5.32 Å². The van der Waals surface area contributed by atoms with Gasteiger partial charge in [0.05, 0.1) is 11.2 Å². The van der Waals surface area contributed by atoms with Crippen LogP contribution in [0, 0.1) is 5.82 Å². The van der Waals surface area contributed by atoms with Crippen LogP contribution in [0.1, 0.15) is 63.2 Å². The van der Waals surface area contributed by atoms with E-state index in [2.05, 4.69) is 26.1 Å². The van der Waals surface area contributed by atoms with E-state index in [0.29, 0.717) is 13.2 Å². The van der Waals surface area contributed by atoms with E-state index >= 15 is 0 Å². The Bertz CT molecular complexity index is 456. The summed E-state index contributed by atoms with van der Waals surface area (Å²) in [6, 6.07) is 6.00. The van der Waals surface area contributed by atoms with Crippen LogP contribution < -0.4 is 5.32 Å². The second-order valence-electron chi connectivity index (χ2n) is 5.89. The molecule has 1 amide bonds. The van der Waals surface area contributed by atoms with Crippen LogP contribution >= 0.6 is 0 Å². The number of nitrogens with one attached hydrogen (secondary N) is 1. The van der Waals surface area contributed by atoms with Crippen molar-refractivity contribution in [2.45, 2.75) is 58.5 Å². The Labute approximate surface area is 133 Å². The van der Waals surface area contributed by atoms with E-state index in [0.717, 1.165) is 32.1 Å². The monoisotopic (exact) mass is 309 g/mol. The first-order chi connectivity index (χ1) is 10.5. The van der Waals surface area contributed by atoms with Gasteiger partial charge >= 0.3 is 0 Å². The van der Waals surface area contributed by atoms with Crippen molar-refractivity contribution in [3.05, 3.63) is 35.6 Å². The van der Waals surface area contributed by atoms with E-state index in [-0.39, 0.29) is 17.1 Å². The molecule has 0 heterocycles. The Morgan fingerprint density at radius 3 is 2.45 bits per heavy atom. The van der Waals surface area contributed by atoms with E-state index in [1.54, 1.807) is 12.1 Å². The van der Waals surface area contributed by atoms with Gasteiger partial charge in [-0.15, -0.1) is 0 Å². The summed E-state index contributed by atoms with van der Waals surface area (Å²) in [5, 5.41) is 2.73. The molecule has 1 rings (SSSR count). The Kier molecular flexibility index (Phi) is 8.10. The van der Waals surface area contributed by atoms with E-state index < -0.39 is 5.82 Å². The third kappa shape index (κ3) is 6.14. The molecule has 0 radical (unpaired) electrons. The number of hydrogen-bond donors (Lipinski definition) is 1. The summed E-state index contributed by atoms with van der Waals surface area (Å²) in [5.74, 6) is -0.863. The predicted molar refractivity (Wildman–Crippen MR) is 87.5 cm³/mol. The van der Waals surface area contributed by atoms with Crippen LogP contribution in [0.15, 0.2) is 24.3 Å². The third-order valence-corrected chi connectivity index (χ3v) is 3.73. The van der Waals surface area contributed by atoms with Gasteiger partial charge in [-0.2, -0.15) is 0 Å². The van der Waals surface area contributed by atoms with Crippen LogP contribution in [-0.4, -0.2) is 24.7 Å². The lowest BCUT2D eigenvalue weighted by Gasteiger charge is -2.29. The molecular formula is C18H28FNO2. The molecule has 0 atom stereocenters. The molecule has 0 saturated heterocycles. The predicted octanol–water partition coefficient (Wildman–Crippen LogP) is 4.32. The summed E-state index contributed by atoms with van der Waals surface area (Å²) in [7, 11) is 0. The molecule has 0 aliphatic heterocycles. The first kappa shape index (κ1) is 18.6. The van der Waals surface area contributed by atoms with Crippen molar-refractivity contribution in [3.8, 4) is 0 Å². The highest BCUT2D eigenvalue weighted by molar-refractivity contribution is 5.94. The molecule has 1 aromatic carbocycles. The molecule has 1 N–H and O–H groups in total. The van der Waals surface area contributed by atoms with Crippen LogP contribution in [0.3, 0.4) is 0 Å². The van der Waals surface area contributed by atoms with Crippen LogP contribution in [0.25, 0.3) is 0 Å². The highest BCUT2D eigenvalue weighted by atomic mass is 19.1. The maximum absolute atomic E-state index is 13.5. The van der Waals surface area contributed by atoms with Crippen LogP contribution in [0.2, 0.25) is 0 Å². The fourth-order valence-electron chi connectivity index (χ4n) is 2.66. The van der Waals surface area contributed by atoms with Crippen LogP contribution in [-0.2, 0) is 4.74 Å². The lowest BCUT2D eigenvalue weighted by Crippen LogP contribution is -2.31. The Balaban J connectivity index is 2.30. The zero-order chi connectivity index (χ0) is 16.4. The zero-order valence-electron chi connectivity index (χ0n) is 14.0. The number of halogens is 1. The lowest BCUT2D eigenvalue weighted by atomic mass is 9.95. The smallest absolute Gasteiger partial charge is 0.254 e. The van der Waals surface area contributed by atoms with Crippen molar-refractivity contribution in [3.63, 3.8) is 0 Å². The Morgan fingerprint density at radius 1 is 1.23 bits per heavy atom. The van der Waals surface area contributed by atoms with Gasteiger partial charge in [0.25, 0.3) is 5.91 Å². The van der Waals surface area contributed by atoms with E-state index in [1.165, 1.54) is 12.1 Å². The molecule has 1 aromatic rings. The molecule has 0 aromatic heterocycles. The van der Waals surface area contributed by atoms with E-state index in [4.69, 9.17) is 4.74 Å². The SMILES string of the molecule is CCCC(C)(CCC)OCCCNC(=O)c1ccccc1F. The molecule has 0 saturated carbocycles. The number of hydrogen-bond acceptors (Lipinski definition) is 2. The van der Waals surface area contributed by atoms with Gasteiger partial charge in [0.2, 0.25) is 0 Å². The molecule has 0 bridgehead atoms. The third-order valence-electron chi connectivity index (χ3n) is 3.73. The van der Waals surface area contributed by atoms with Crippen molar-refractivity contribution in [2.75, 3.05) is 13.2 Å². The van der Waals surface area contributed by atoms with Gasteiger partial charge in [0.15, 0.2) is 0 Å². The van der Waals surface area contributed by atoms with Gasteiger partial charge in [0, 0.05) is 13.2 Å². The molecule has 3 nitrogen and oxygen atoms in total. The summed E-state index contributed by atoms with van der Waals surface area (Å²) in [6.07, 6.45) is 5.01. The summed E-state index contributed by atoms with van der Waals surface area (Å²) < 4.78 is 19.5. The minimum absolute atomic E-state index is 0.0704. The van der Waals surface area contributed by atoms with Crippen molar-refractivity contribution in [1.29, 1.82) is 0 Å². The van der Waals surface area contributed by atoms with Gasteiger partial charge in [-0.3, -0.25) is 4.79 Å². The Hall–Kier alpha value is -1.42. The molecule has 0 aliphatic rings. The maximum Gasteiger partial charge on any atom is 0.254 e. The zero-order valence-corrected chi connectivity index (χ0v) is 14.0. The van der Waals surface area contributed by atoms with Crippen LogP contribution in [0.4, 0.5) is 4.39 Å². The second kappa shape index (κ2) is 9.57. The number of ether oxygens (including phenoxy) is 1. The topological polar surface area (TPSA) is 38.3 Å². The highest BCUT2D eigenvalue weighted by Gasteiger charge is 2.22. The summed E-state index contributed by atoms with van der Waals surface area (Å²) in [5.41, 5.74) is 0.0178. The van der Waals surface area contributed by atoms with Crippen molar-refractivity contribution < 1.29 is 13.9 Å². The molecule has 0 fully saturated rings. The maximum atomic E-state index is 13.5. The lowest BCUT2D eigenvalue weighted by molar-refractivity contribution is -0.0451. The molecule has 0 unspecified atom stereocenters. The quantitative estimate of drug-likeness (QED) is 0.654. The highest BCUT2D eigenvalue weighted by Crippen LogP contribution is 2.23. The minimum atomic E-state index is -0.491. The summed E-state index contributed by atoms with van der Waals surface area (Å²) >= 11 is 0. The minimum Gasteiger partial charge on any atom is -0.375 e. The van der Waals surface area contributed by atoms with Crippen molar-refractivity contribution in [2.24, 2.45) is 0 Å². The second-order valence-corrected chi connectivity index (χ2v) is 5.89.